The van der Waals surface area contributed by atoms with E-state index in [1.807, 2.05) is 5.32 Å². The van der Waals surface area contributed by atoms with Gasteiger partial charge in [-0.2, -0.15) is 0 Å². The van der Waals surface area contributed by atoms with Gasteiger partial charge in [-0.25, -0.2) is 14.3 Å². The number of nitrogens with one attached hydrogen (secondary N) is 2. The minimum Gasteiger partial charge on any atom is -0.381 e. The van der Waals surface area contributed by atoms with Crippen LogP contribution < -0.4 is 10.8 Å². The summed E-state index contributed by atoms with van der Waals surface area (Å²) in [6, 6.07) is 5.17. The molecule has 142 valence electrons. The Bertz CT molecular complexity index is 855. The van der Waals surface area contributed by atoms with Crippen molar-refractivity contribution in [1.29, 1.82) is 0 Å². The molecule has 27 heavy (non-hydrogen) atoms. The lowest BCUT2D eigenvalue weighted by Crippen LogP contribution is -2.61. The molecule has 2 atom stereocenters. The number of amides is 2. The number of hydrogen-bond donors (Lipinski definition) is 4. The van der Waals surface area contributed by atoms with E-state index in [9.17, 15) is 23.5 Å². The van der Waals surface area contributed by atoms with Crippen molar-refractivity contribution in [3.63, 3.8) is 0 Å². The summed E-state index contributed by atoms with van der Waals surface area (Å²) in [5.41, 5.74) is -1.19. The third-order valence-corrected chi connectivity index (χ3v) is 3.59. The Hall–Kier alpha value is -3.29. The number of nitrogens with zero attached hydrogens (tertiary/aromatic N) is 1. The van der Waals surface area contributed by atoms with Crippen LogP contribution in [0.3, 0.4) is 0 Å². The van der Waals surface area contributed by atoms with Gasteiger partial charge < -0.3 is 14.9 Å². The molecule has 0 fully saturated rings. The largest absolute Gasteiger partial charge is 0.381 e. The lowest BCUT2D eigenvalue weighted by molar-refractivity contribution is -0.149. The maximum atomic E-state index is 13.0. The van der Waals surface area contributed by atoms with Gasteiger partial charge in [-0.15, -0.1) is 0 Å². The van der Waals surface area contributed by atoms with Crippen molar-refractivity contribution in [3.05, 3.63) is 53.4 Å². The average molecular weight is 379 g/mol. The number of carbonyl (C=O) groups is 2. The predicted molar refractivity (Wildman–Crippen MR) is 86.7 cm³/mol. The molecule has 10 heteroatoms. The minimum absolute atomic E-state index is 0.0287. The summed E-state index contributed by atoms with van der Waals surface area (Å²) in [6.07, 6.45) is -1.92. The normalized spacial score (nSPS) is 13.9. The third kappa shape index (κ3) is 4.87. The number of aliphatic hydroxyl groups is 1. The maximum absolute atomic E-state index is 13.0. The average Bonchev–Trinajstić information content (AvgIpc) is 3.17. The first-order chi connectivity index (χ1) is 12.8. The molecule has 0 saturated heterocycles. The fourth-order valence-electron chi connectivity index (χ4n) is 2.00. The standard InChI is InChI=1S/C17H15F2N3O5/c1-17(25,16(18)19)13(15(24)22-26)21-14(23)11-5-2-10(3-6-11)4-7-12-8-9-20-27-12/h2-3,5-6,8-9,13,16,25-26H,1H3,(H,21,23)(H,22,24). The van der Waals surface area contributed by atoms with Crippen LogP contribution >= 0.6 is 0 Å². The van der Waals surface area contributed by atoms with Crippen LogP contribution in [0.1, 0.15) is 28.6 Å². The first-order valence-corrected chi connectivity index (χ1v) is 7.53. The molecule has 2 aromatic rings. The van der Waals surface area contributed by atoms with Gasteiger partial charge in [-0.3, -0.25) is 14.8 Å². The molecule has 2 unspecified atom stereocenters. The highest BCUT2D eigenvalue weighted by molar-refractivity contribution is 5.97. The molecule has 1 heterocycles. The Kier molecular flexibility index (Phi) is 6.23. The second kappa shape index (κ2) is 8.39. The Balaban J connectivity index is 2.15. The molecule has 0 radical (unpaired) electrons. The molecule has 0 bridgehead atoms. The monoisotopic (exact) mass is 379 g/mol. The van der Waals surface area contributed by atoms with Gasteiger partial charge in [0.1, 0.15) is 6.04 Å². The summed E-state index contributed by atoms with van der Waals surface area (Å²) >= 11 is 0. The molecule has 0 aliphatic heterocycles. The van der Waals surface area contributed by atoms with Crippen LogP contribution in [-0.4, -0.2) is 45.4 Å². The second-order valence-electron chi connectivity index (χ2n) is 5.61. The molecule has 0 spiro atoms. The van der Waals surface area contributed by atoms with Crippen LogP contribution in [0.25, 0.3) is 0 Å². The number of carbonyl (C=O) groups excluding carboxylic acids is 2. The van der Waals surface area contributed by atoms with Crippen molar-refractivity contribution in [2.24, 2.45) is 0 Å². The Labute approximate surface area is 152 Å². The van der Waals surface area contributed by atoms with E-state index in [1.54, 1.807) is 6.07 Å². The highest BCUT2D eigenvalue weighted by atomic mass is 19.3. The SMILES string of the molecule is CC(O)(C(F)F)C(NC(=O)c1ccc(C#Cc2ccno2)cc1)C(=O)NO. The van der Waals surface area contributed by atoms with Crippen LogP contribution in [0.5, 0.6) is 0 Å². The van der Waals surface area contributed by atoms with Crippen molar-refractivity contribution >= 4 is 11.8 Å². The number of halogens is 2. The Morgan fingerprint density at radius 2 is 1.89 bits per heavy atom. The third-order valence-electron chi connectivity index (χ3n) is 3.59. The number of hydroxylamine groups is 1. The van der Waals surface area contributed by atoms with Gasteiger partial charge in [-0.1, -0.05) is 11.1 Å². The van der Waals surface area contributed by atoms with Gasteiger partial charge in [0.05, 0.1) is 6.20 Å². The van der Waals surface area contributed by atoms with E-state index in [0.717, 1.165) is 5.48 Å². The molecule has 1 aromatic carbocycles. The smallest absolute Gasteiger partial charge is 0.269 e. The van der Waals surface area contributed by atoms with Gasteiger partial charge in [0.15, 0.2) is 5.60 Å². The van der Waals surface area contributed by atoms with Gasteiger partial charge in [0, 0.05) is 17.2 Å². The first-order valence-electron chi connectivity index (χ1n) is 7.53. The quantitative estimate of drug-likeness (QED) is 0.344. The van der Waals surface area contributed by atoms with E-state index in [0.29, 0.717) is 18.2 Å². The number of alkyl halides is 2. The lowest BCUT2D eigenvalue weighted by atomic mass is 9.95. The molecule has 0 aliphatic carbocycles. The van der Waals surface area contributed by atoms with Gasteiger partial charge in [-0.05, 0) is 37.1 Å². The number of rotatable bonds is 5. The molecular weight excluding hydrogens is 364 g/mol. The number of hydrogen-bond acceptors (Lipinski definition) is 6. The summed E-state index contributed by atoms with van der Waals surface area (Å²) in [4.78, 5) is 23.8. The zero-order valence-corrected chi connectivity index (χ0v) is 13.9. The molecule has 4 N–H and O–H groups in total. The van der Waals surface area contributed by atoms with Crippen molar-refractivity contribution in [2.45, 2.75) is 25.0 Å². The number of aromatic nitrogens is 1. The van der Waals surface area contributed by atoms with Crippen LogP contribution in [0, 0.1) is 11.8 Å². The maximum Gasteiger partial charge on any atom is 0.269 e. The summed E-state index contributed by atoms with van der Waals surface area (Å²) in [7, 11) is 0. The van der Waals surface area contributed by atoms with E-state index in [2.05, 4.69) is 17.0 Å². The minimum atomic E-state index is -3.35. The molecule has 0 aliphatic rings. The summed E-state index contributed by atoms with van der Waals surface area (Å²) in [5.74, 6) is 3.53. The van der Waals surface area contributed by atoms with E-state index < -0.39 is 29.9 Å². The first kappa shape index (κ1) is 20.0. The zero-order valence-electron chi connectivity index (χ0n) is 13.9. The summed E-state index contributed by atoms with van der Waals surface area (Å²) < 4.78 is 30.8. The van der Waals surface area contributed by atoms with Gasteiger partial charge in [0.25, 0.3) is 18.2 Å². The lowest BCUT2D eigenvalue weighted by Gasteiger charge is -2.30. The molecule has 2 rings (SSSR count). The zero-order chi connectivity index (χ0) is 20.0. The highest BCUT2D eigenvalue weighted by Gasteiger charge is 2.46. The van der Waals surface area contributed by atoms with E-state index in [-0.39, 0.29) is 5.56 Å². The van der Waals surface area contributed by atoms with Gasteiger partial charge >= 0.3 is 0 Å². The van der Waals surface area contributed by atoms with Crippen LogP contribution in [0.15, 0.2) is 41.1 Å². The molecule has 2 amide bonds. The van der Waals surface area contributed by atoms with Crippen LogP contribution in [-0.2, 0) is 4.79 Å². The van der Waals surface area contributed by atoms with Gasteiger partial charge in [0.2, 0.25) is 5.76 Å². The summed E-state index contributed by atoms with van der Waals surface area (Å²) in [6.45, 7) is 0.667. The topological polar surface area (TPSA) is 125 Å². The fraction of sp³-hybridized carbons (Fsp3) is 0.235. The Morgan fingerprint density at radius 3 is 2.41 bits per heavy atom. The molecule has 0 saturated carbocycles. The summed E-state index contributed by atoms with van der Waals surface area (Å²) in [5, 5.41) is 23.9. The molecular formula is C17H15F2N3O5. The Morgan fingerprint density at radius 1 is 1.22 bits per heavy atom. The van der Waals surface area contributed by atoms with Crippen LogP contribution in [0.2, 0.25) is 0 Å². The van der Waals surface area contributed by atoms with E-state index in [4.69, 9.17) is 9.73 Å². The fourth-order valence-corrected chi connectivity index (χ4v) is 2.00. The van der Waals surface area contributed by atoms with Crippen molar-refractivity contribution in [3.8, 4) is 11.8 Å². The van der Waals surface area contributed by atoms with Crippen molar-refractivity contribution < 1.29 is 33.2 Å². The van der Waals surface area contributed by atoms with E-state index >= 15 is 0 Å². The number of benzene rings is 1. The second-order valence-corrected chi connectivity index (χ2v) is 5.61. The van der Waals surface area contributed by atoms with E-state index in [1.165, 1.54) is 30.5 Å². The highest BCUT2D eigenvalue weighted by Crippen LogP contribution is 2.20. The van der Waals surface area contributed by atoms with Crippen molar-refractivity contribution in [1.82, 2.24) is 16.0 Å². The van der Waals surface area contributed by atoms with Crippen molar-refractivity contribution in [2.75, 3.05) is 0 Å². The molecule has 1 aromatic heterocycles. The van der Waals surface area contributed by atoms with Crippen LogP contribution in [0.4, 0.5) is 8.78 Å². The predicted octanol–water partition coefficient (Wildman–Crippen LogP) is 0.694. The molecule has 8 nitrogen and oxygen atoms in total.